The lowest BCUT2D eigenvalue weighted by atomic mass is 9.63. The number of hydrogen-bond acceptors (Lipinski definition) is 2. The molecule has 1 saturated carbocycles. The number of amides is 1. The summed E-state index contributed by atoms with van der Waals surface area (Å²) in [5.74, 6) is 0.125. The van der Waals surface area contributed by atoms with Crippen LogP contribution in [0.3, 0.4) is 0 Å². The molecule has 0 atom stereocenters. The highest BCUT2D eigenvalue weighted by Gasteiger charge is 2.25. The van der Waals surface area contributed by atoms with Crippen molar-refractivity contribution < 1.29 is 4.79 Å². The van der Waals surface area contributed by atoms with Crippen LogP contribution in [0, 0.1) is 5.92 Å². The van der Waals surface area contributed by atoms with Crippen LogP contribution in [0.5, 0.6) is 0 Å². The number of nitrogens with one attached hydrogen (secondary N) is 1. The molecule has 3 rings (SSSR count). The van der Waals surface area contributed by atoms with Gasteiger partial charge in [-0.15, -0.1) is 0 Å². The zero-order valence-corrected chi connectivity index (χ0v) is 15.9. The Bertz CT molecular complexity index is 752. The Morgan fingerprint density at radius 1 is 1.23 bits per heavy atom. The first-order valence-corrected chi connectivity index (χ1v) is 9.63. The van der Waals surface area contributed by atoms with E-state index in [-0.39, 0.29) is 17.1 Å². The van der Waals surface area contributed by atoms with Crippen LogP contribution in [0.15, 0.2) is 42.6 Å². The summed E-state index contributed by atoms with van der Waals surface area (Å²) in [4.78, 5) is 17.1. The molecule has 0 unspecified atom stereocenters. The van der Waals surface area contributed by atoms with E-state index in [9.17, 15) is 4.79 Å². The highest BCUT2D eigenvalue weighted by Crippen LogP contribution is 2.38. The predicted octanol–water partition coefficient (Wildman–Crippen LogP) is 5.66. The maximum atomic E-state index is 12.7. The standard InChI is InChI=1S/C21H24BClN2O/c1-21(22)11-4-6-15(7-5-12-21)20(26)25-16-9-10-18(23)17(14-16)19-8-2-3-13-24-19/h2-3,8-10,13-15H,4-7,11-12H2,1H3,(H,25,26). The van der Waals surface area contributed by atoms with Crippen molar-refractivity contribution in [1.82, 2.24) is 4.98 Å². The van der Waals surface area contributed by atoms with Gasteiger partial charge in [0.15, 0.2) is 0 Å². The van der Waals surface area contributed by atoms with Gasteiger partial charge in [-0.25, -0.2) is 0 Å². The molecule has 0 bridgehead atoms. The third-order valence-corrected chi connectivity index (χ3v) is 5.48. The normalized spacial score (nSPS) is 23.7. The molecule has 1 fully saturated rings. The molecule has 3 nitrogen and oxygen atoms in total. The number of benzene rings is 1. The van der Waals surface area contributed by atoms with Gasteiger partial charge < -0.3 is 5.32 Å². The Labute approximate surface area is 162 Å². The largest absolute Gasteiger partial charge is 0.326 e. The summed E-state index contributed by atoms with van der Waals surface area (Å²) in [7, 11) is 6.26. The van der Waals surface area contributed by atoms with E-state index in [4.69, 9.17) is 19.4 Å². The summed E-state index contributed by atoms with van der Waals surface area (Å²) < 4.78 is 0. The smallest absolute Gasteiger partial charge is 0.227 e. The van der Waals surface area contributed by atoms with Crippen molar-refractivity contribution in [3.8, 4) is 11.3 Å². The molecule has 0 saturated heterocycles. The monoisotopic (exact) mass is 366 g/mol. The number of anilines is 1. The summed E-state index contributed by atoms with van der Waals surface area (Å²) in [6.45, 7) is 2.11. The highest BCUT2D eigenvalue weighted by atomic mass is 35.5. The van der Waals surface area contributed by atoms with Crippen molar-refractivity contribution >= 4 is 31.0 Å². The molecule has 1 heterocycles. The first-order valence-electron chi connectivity index (χ1n) is 9.25. The third-order valence-electron chi connectivity index (χ3n) is 5.15. The lowest BCUT2D eigenvalue weighted by Crippen LogP contribution is -2.25. The van der Waals surface area contributed by atoms with E-state index in [0.29, 0.717) is 5.02 Å². The first-order chi connectivity index (χ1) is 12.4. The van der Waals surface area contributed by atoms with Crippen molar-refractivity contribution in [2.75, 3.05) is 5.32 Å². The number of carbonyl (C=O) groups is 1. The fourth-order valence-corrected chi connectivity index (χ4v) is 3.82. The Morgan fingerprint density at radius 2 is 1.96 bits per heavy atom. The molecule has 1 aromatic heterocycles. The quantitative estimate of drug-likeness (QED) is 0.712. The number of halogens is 1. The van der Waals surface area contributed by atoms with Crippen LogP contribution >= 0.6 is 11.6 Å². The van der Waals surface area contributed by atoms with E-state index in [1.54, 1.807) is 12.3 Å². The summed E-state index contributed by atoms with van der Waals surface area (Å²) in [5.41, 5.74) is 2.37. The van der Waals surface area contributed by atoms with E-state index in [2.05, 4.69) is 17.2 Å². The van der Waals surface area contributed by atoms with E-state index < -0.39 is 0 Å². The SMILES string of the molecule is [B]C1(C)CCCC(C(=O)Nc2ccc(Cl)c(-c3ccccn3)c2)CCC1. The Kier molecular flexibility index (Phi) is 6.03. The highest BCUT2D eigenvalue weighted by molar-refractivity contribution is 6.33. The van der Waals surface area contributed by atoms with E-state index in [1.807, 2.05) is 30.3 Å². The number of nitrogens with zero attached hydrogens (tertiary/aromatic N) is 1. The van der Waals surface area contributed by atoms with Gasteiger partial charge in [0.2, 0.25) is 5.91 Å². The molecule has 0 aliphatic heterocycles. The maximum Gasteiger partial charge on any atom is 0.227 e. The molecule has 5 heteroatoms. The maximum absolute atomic E-state index is 12.7. The lowest BCUT2D eigenvalue weighted by Gasteiger charge is -2.30. The van der Waals surface area contributed by atoms with Gasteiger partial charge in [0.25, 0.3) is 0 Å². The Morgan fingerprint density at radius 3 is 2.62 bits per heavy atom. The number of hydrogen-bond donors (Lipinski definition) is 1. The van der Waals surface area contributed by atoms with Crippen molar-refractivity contribution in [2.24, 2.45) is 5.92 Å². The van der Waals surface area contributed by atoms with E-state index in [1.165, 1.54) is 0 Å². The van der Waals surface area contributed by atoms with Gasteiger partial charge in [0.1, 0.15) is 0 Å². The van der Waals surface area contributed by atoms with Crippen LogP contribution in [0.25, 0.3) is 11.3 Å². The van der Waals surface area contributed by atoms with E-state index in [0.717, 1.165) is 55.5 Å². The molecule has 0 spiro atoms. The minimum Gasteiger partial charge on any atom is -0.326 e. The molecule has 1 N–H and O–H groups in total. The third kappa shape index (κ3) is 4.88. The summed E-state index contributed by atoms with van der Waals surface area (Å²) in [6, 6.07) is 11.2. The second-order valence-electron chi connectivity index (χ2n) is 7.53. The van der Waals surface area contributed by atoms with Crippen LogP contribution in [-0.2, 0) is 4.79 Å². The van der Waals surface area contributed by atoms with Gasteiger partial charge >= 0.3 is 0 Å². The van der Waals surface area contributed by atoms with Gasteiger partial charge in [-0.2, -0.15) is 0 Å². The van der Waals surface area contributed by atoms with Crippen molar-refractivity contribution in [2.45, 2.75) is 50.8 Å². The fourth-order valence-electron chi connectivity index (χ4n) is 3.60. The topological polar surface area (TPSA) is 42.0 Å². The zero-order chi connectivity index (χ0) is 18.6. The van der Waals surface area contributed by atoms with Crippen LogP contribution in [0.4, 0.5) is 5.69 Å². The molecular weight excluding hydrogens is 343 g/mol. The van der Waals surface area contributed by atoms with Crippen molar-refractivity contribution in [3.05, 3.63) is 47.6 Å². The summed E-state index contributed by atoms with van der Waals surface area (Å²) >= 11 is 6.32. The first kappa shape index (κ1) is 19.0. The Balaban J connectivity index is 1.70. The lowest BCUT2D eigenvalue weighted by molar-refractivity contribution is -0.120. The van der Waals surface area contributed by atoms with Crippen LogP contribution < -0.4 is 5.32 Å². The van der Waals surface area contributed by atoms with Crippen molar-refractivity contribution in [3.63, 3.8) is 0 Å². The van der Waals surface area contributed by atoms with Gasteiger partial charge in [-0.1, -0.05) is 55.6 Å². The van der Waals surface area contributed by atoms with E-state index >= 15 is 0 Å². The fraction of sp³-hybridized carbons (Fsp3) is 0.429. The van der Waals surface area contributed by atoms with Crippen LogP contribution in [-0.4, -0.2) is 18.7 Å². The number of aromatic nitrogens is 1. The summed E-state index contributed by atoms with van der Waals surface area (Å²) in [5, 5.41) is 3.59. The minimum atomic E-state index is -0.0881. The molecule has 134 valence electrons. The second-order valence-corrected chi connectivity index (χ2v) is 7.94. The van der Waals surface area contributed by atoms with Gasteiger partial charge in [0.05, 0.1) is 18.6 Å². The van der Waals surface area contributed by atoms with Crippen molar-refractivity contribution in [1.29, 1.82) is 0 Å². The predicted molar refractivity (Wildman–Crippen MR) is 109 cm³/mol. The molecule has 2 radical (unpaired) electrons. The van der Waals surface area contributed by atoms with Crippen LogP contribution in [0.2, 0.25) is 10.3 Å². The molecule has 2 aromatic rings. The molecule has 1 aromatic carbocycles. The second kappa shape index (κ2) is 8.26. The molecule has 1 aliphatic rings. The molecular formula is C21H24BClN2O. The average molecular weight is 367 g/mol. The zero-order valence-electron chi connectivity index (χ0n) is 15.2. The van der Waals surface area contributed by atoms with Gasteiger partial charge in [-0.3, -0.25) is 9.78 Å². The number of pyridine rings is 1. The van der Waals surface area contributed by atoms with Crippen LogP contribution in [0.1, 0.15) is 45.4 Å². The molecule has 1 aliphatic carbocycles. The van der Waals surface area contributed by atoms with Gasteiger partial charge in [-0.05, 0) is 43.2 Å². The summed E-state index contributed by atoms with van der Waals surface area (Å²) in [6.07, 6.45) is 7.44. The average Bonchev–Trinajstić information content (AvgIpc) is 2.61. The van der Waals surface area contributed by atoms with Gasteiger partial charge in [0, 0.05) is 23.4 Å². The minimum absolute atomic E-state index is 0.0417. The molecule has 26 heavy (non-hydrogen) atoms. The number of carbonyl (C=O) groups excluding carboxylic acids is 1. The number of rotatable bonds is 3. The Hall–Kier alpha value is -1.81. The molecule has 1 amide bonds.